The molecule has 154 valence electrons. The Balaban J connectivity index is 1.99. The molecule has 0 radical (unpaired) electrons. The molecule has 1 atom stereocenters. The molecule has 3 aromatic rings. The summed E-state index contributed by atoms with van der Waals surface area (Å²) in [6.45, 7) is 0. The number of nitrogens with one attached hydrogen (secondary N) is 1. The lowest BCUT2D eigenvalue weighted by Crippen LogP contribution is -2.40. The predicted molar refractivity (Wildman–Crippen MR) is 116 cm³/mol. The molecule has 2 heterocycles. The highest BCUT2D eigenvalue weighted by atomic mass is 16.5. The number of anilines is 1. The number of allylic oxidation sites excluding steroid dienone is 1. The minimum atomic E-state index is -0.501. The van der Waals surface area contributed by atoms with E-state index in [0.29, 0.717) is 17.8 Å². The summed E-state index contributed by atoms with van der Waals surface area (Å²) in [6.07, 6.45) is 6.32. The van der Waals surface area contributed by atoms with Gasteiger partial charge in [-0.2, -0.15) is 0 Å². The average molecular weight is 406 g/mol. The first-order valence-electron chi connectivity index (χ1n) is 9.52. The van der Waals surface area contributed by atoms with Gasteiger partial charge in [0.15, 0.2) is 0 Å². The molecule has 1 aliphatic rings. The Morgan fingerprint density at radius 1 is 1.07 bits per heavy atom. The molecule has 1 N–H and O–H groups in total. The maximum atomic E-state index is 13.1. The molecule has 0 aliphatic heterocycles. The third-order valence-corrected chi connectivity index (χ3v) is 5.26. The Bertz CT molecular complexity index is 1360. The molecule has 0 saturated carbocycles. The molecule has 30 heavy (non-hydrogen) atoms. The predicted octanol–water partition coefficient (Wildman–Crippen LogP) is 1.66. The second kappa shape index (κ2) is 7.55. The van der Waals surface area contributed by atoms with Crippen molar-refractivity contribution < 1.29 is 4.74 Å². The third-order valence-electron chi connectivity index (χ3n) is 5.26. The molecule has 8 heteroatoms. The highest BCUT2D eigenvalue weighted by molar-refractivity contribution is 5.89. The zero-order valence-corrected chi connectivity index (χ0v) is 17.0. The molecular formula is C22H22N4O4. The van der Waals surface area contributed by atoms with Crippen LogP contribution in [-0.2, 0) is 18.8 Å². The summed E-state index contributed by atoms with van der Waals surface area (Å²) in [5.41, 5.74) is -0.0911. The van der Waals surface area contributed by atoms with Gasteiger partial charge in [0.05, 0.1) is 18.5 Å². The van der Waals surface area contributed by atoms with Gasteiger partial charge in [0, 0.05) is 26.2 Å². The Morgan fingerprint density at radius 2 is 1.80 bits per heavy atom. The van der Waals surface area contributed by atoms with Crippen LogP contribution < -0.4 is 22.1 Å². The summed E-state index contributed by atoms with van der Waals surface area (Å²) in [4.78, 5) is 38.8. The van der Waals surface area contributed by atoms with E-state index >= 15 is 0 Å². The molecule has 0 fully saturated rings. The van der Waals surface area contributed by atoms with E-state index in [4.69, 9.17) is 4.74 Å². The molecule has 0 amide bonds. The first-order chi connectivity index (χ1) is 14.4. The van der Waals surface area contributed by atoms with Crippen LogP contribution in [0.2, 0.25) is 0 Å². The Labute approximate surface area is 172 Å². The molecule has 1 unspecified atom stereocenters. The third kappa shape index (κ3) is 3.16. The van der Waals surface area contributed by atoms with E-state index < -0.39 is 11.2 Å². The van der Waals surface area contributed by atoms with Crippen molar-refractivity contribution in [3.05, 3.63) is 91.6 Å². The van der Waals surface area contributed by atoms with Gasteiger partial charge in [-0.3, -0.25) is 23.3 Å². The number of aromatic nitrogens is 3. The van der Waals surface area contributed by atoms with E-state index in [1.807, 2.05) is 24.3 Å². The van der Waals surface area contributed by atoms with Crippen molar-refractivity contribution in [2.45, 2.75) is 12.5 Å². The number of hydrogen-bond donors (Lipinski definition) is 1. The van der Waals surface area contributed by atoms with Gasteiger partial charge >= 0.3 is 5.69 Å². The van der Waals surface area contributed by atoms with Crippen LogP contribution in [0, 0.1) is 0 Å². The number of ether oxygens (including phenoxy) is 1. The monoisotopic (exact) mass is 406 g/mol. The van der Waals surface area contributed by atoms with Crippen molar-refractivity contribution in [1.29, 1.82) is 0 Å². The normalized spacial score (nSPS) is 15.8. The second-order valence-corrected chi connectivity index (χ2v) is 7.13. The number of aryl methyl sites for hydroxylation is 1. The van der Waals surface area contributed by atoms with Crippen LogP contribution in [-0.4, -0.2) is 26.9 Å². The van der Waals surface area contributed by atoms with Crippen LogP contribution in [0.4, 0.5) is 5.69 Å². The first-order valence-corrected chi connectivity index (χ1v) is 9.52. The standard InChI is InChI=1S/C22H22N4O4/c1-24-20-19(21(28)25(2)22(24)29)17(23-14-9-11-16(30-3)12-10-14)13-18(27)26(20)15-7-5-4-6-8-15/h4-9,11-14,23H,10H2,1-3H3. The summed E-state index contributed by atoms with van der Waals surface area (Å²) in [5.74, 6) is 0.760. The number of benzene rings is 1. The van der Waals surface area contributed by atoms with Crippen LogP contribution in [0.1, 0.15) is 6.42 Å². The number of methoxy groups -OCH3 is 1. The van der Waals surface area contributed by atoms with Crippen molar-refractivity contribution >= 4 is 16.7 Å². The van der Waals surface area contributed by atoms with E-state index in [-0.39, 0.29) is 22.6 Å². The summed E-state index contributed by atoms with van der Waals surface area (Å²) >= 11 is 0. The van der Waals surface area contributed by atoms with Crippen molar-refractivity contribution in [3.63, 3.8) is 0 Å². The van der Waals surface area contributed by atoms with Gasteiger partial charge in [0.25, 0.3) is 11.1 Å². The fraction of sp³-hybridized carbons (Fsp3) is 0.227. The number of nitrogens with zero attached hydrogens (tertiary/aromatic N) is 3. The van der Waals surface area contributed by atoms with Gasteiger partial charge in [-0.25, -0.2) is 4.79 Å². The van der Waals surface area contributed by atoms with Crippen molar-refractivity contribution in [2.24, 2.45) is 14.1 Å². The number of pyridine rings is 1. The fourth-order valence-corrected chi connectivity index (χ4v) is 3.69. The first kappa shape index (κ1) is 19.5. The van der Waals surface area contributed by atoms with E-state index in [9.17, 15) is 14.4 Å². The highest BCUT2D eigenvalue weighted by Crippen LogP contribution is 2.22. The Morgan fingerprint density at radius 3 is 2.43 bits per heavy atom. The van der Waals surface area contributed by atoms with Crippen LogP contribution in [0.3, 0.4) is 0 Å². The molecule has 8 nitrogen and oxygen atoms in total. The minimum absolute atomic E-state index is 0.124. The zero-order valence-electron chi connectivity index (χ0n) is 17.0. The van der Waals surface area contributed by atoms with Gasteiger partial charge in [0.2, 0.25) is 0 Å². The molecule has 4 rings (SSSR count). The van der Waals surface area contributed by atoms with Crippen LogP contribution in [0.15, 0.2) is 74.8 Å². The summed E-state index contributed by atoms with van der Waals surface area (Å²) in [5, 5.41) is 3.55. The SMILES string of the molecule is COC1=CCC(Nc2cc(=O)n(-c3ccccc3)c3c2c(=O)n(C)c(=O)n3C)C=C1. The van der Waals surface area contributed by atoms with Gasteiger partial charge in [-0.05, 0) is 30.7 Å². The van der Waals surface area contributed by atoms with E-state index in [1.165, 1.54) is 22.2 Å². The lowest BCUT2D eigenvalue weighted by molar-refractivity contribution is 0.303. The summed E-state index contributed by atoms with van der Waals surface area (Å²) in [6, 6.07) is 10.2. The maximum Gasteiger partial charge on any atom is 0.332 e. The van der Waals surface area contributed by atoms with Crippen LogP contribution >= 0.6 is 0 Å². The number of hydrogen-bond acceptors (Lipinski definition) is 5. The van der Waals surface area contributed by atoms with Gasteiger partial charge in [0.1, 0.15) is 16.8 Å². The smallest absolute Gasteiger partial charge is 0.332 e. The van der Waals surface area contributed by atoms with E-state index in [1.54, 1.807) is 38.4 Å². The summed E-state index contributed by atoms with van der Waals surface area (Å²) in [7, 11) is 4.59. The molecule has 1 aromatic carbocycles. The average Bonchev–Trinajstić information content (AvgIpc) is 2.77. The fourth-order valence-electron chi connectivity index (χ4n) is 3.69. The maximum absolute atomic E-state index is 13.1. The molecular weight excluding hydrogens is 384 g/mol. The van der Waals surface area contributed by atoms with E-state index in [0.717, 1.165) is 10.3 Å². The Hall–Kier alpha value is -3.81. The highest BCUT2D eigenvalue weighted by Gasteiger charge is 2.20. The molecule has 1 aliphatic carbocycles. The number of fused-ring (bicyclic) bond motifs is 1. The Kier molecular flexibility index (Phi) is 4.91. The quantitative estimate of drug-likeness (QED) is 0.712. The van der Waals surface area contributed by atoms with Crippen molar-refractivity contribution in [2.75, 3.05) is 12.4 Å². The van der Waals surface area contributed by atoms with Gasteiger partial charge in [-0.1, -0.05) is 24.3 Å². The lowest BCUT2D eigenvalue weighted by Gasteiger charge is -2.21. The van der Waals surface area contributed by atoms with Crippen molar-refractivity contribution in [1.82, 2.24) is 13.7 Å². The largest absolute Gasteiger partial charge is 0.497 e. The lowest BCUT2D eigenvalue weighted by atomic mass is 10.1. The molecule has 2 aromatic heterocycles. The number of para-hydroxylation sites is 1. The molecule has 0 spiro atoms. The topological polar surface area (TPSA) is 87.3 Å². The van der Waals surface area contributed by atoms with E-state index in [2.05, 4.69) is 5.32 Å². The summed E-state index contributed by atoms with van der Waals surface area (Å²) < 4.78 is 8.98. The van der Waals surface area contributed by atoms with Crippen LogP contribution in [0.5, 0.6) is 0 Å². The molecule has 0 bridgehead atoms. The number of rotatable bonds is 4. The minimum Gasteiger partial charge on any atom is -0.497 e. The second-order valence-electron chi connectivity index (χ2n) is 7.13. The van der Waals surface area contributed by atoms with Crippen LogP contribution in [0.25, 0.3) is 16.7 Å². The zero-order chi connectivity index (χ0) is 21.4. The molecule has 0 saturated heterocycles. The van der Waals surface area contributed by atoms with Crippen molar-refractivity contribution in [3.8, 4) is 5.69 Å². The van der Waals surface area contributed by atoms with Gasteiger partial charge < -0.3 is 10.1 Å². The van der Waals surface area contributed by atoms with Gasteiger partial charge in [-0.15, -0.1) is 0 Å².